The second-order valence-electron chi connectivity index (χ2n) is 5.61. The predicted molar refractivity (Wildman–Crippen MR) is 81.4 cm³/mol. The van der Waals surface area contributed by atoms with E-state index >= 15 is 0 Å². The Morgan fingerprint density at radius 3 is 2.52 bits per heavy atom. The van der Waals surface area contributed by atoms with Gasteiger partial charge in [-0.05, 0) is 39.3 Å². The van der Waals surface area contributed by atoms with Crippen LogP contribution in [0.4, 0.5) is 5.69 Å². The molecule has 0 bridgehead atoms. The predicted octanol–water partition coefficient (Wildman–Crippen LogP) is 2.11. The number of anilines is 1. The lowest BCUT2D eigenvalue weighted by Gasteiger charge is -2.42. The van der Waals surface area contributed by atoms with Gasteiger partial charge in [0.1, 0.15) is 17.3 Å². The average molecular weight is 290 g/mol. The minimum atomic E-state index is -0.915. The number of hydrogen-bond donors (Lipinski definition) is 1. The molecular formula is C16H22N2O3. The number of rotatable bonds is 4. The van der Waals surface area contributed by atoms with Gasteiger partial charge in [0.2, 0.25) is 5.91 Å². The minimum absolute atomic E-state index is 0.124. The van der Waals surface area contributed by atoms with Crippen molar-refractivity contribution in [3.8, 4) is 5.75 Å². The highest BCUT2D eigenvalue weighted by Gasteiger charge is 2.45. The van der Waals surface area contributed by atoms with E-state index < -0.39 is 11.6 Å². The molecule has 5 heteroatoms. The van der Waals surface area contributed by atoms with E-state index in [0.717, 1.165) is 0 Å². The molecule has 1 heterocycles. The molecule has 1 unspecified atom stereocenters. The standard InChI is InChI=1S/C16H22N2O3/c1-5-11-14(19)17-16(3,4)15(20)18(11)12-9-7-8-10-13(12)21-6-2/h7-11H,5-6H2,1-4H3,(H,17,19). The summed E-state index contributed by atoms with van der Waals surface area (Å²) in [6, 6.07) is 6.83. The fraction of sp³-hybridized carbons (Fsp3) is 0.500. The average Bonchev–Trinajstić information content (AvgIpc) is 2.43. The first-order chi connectivity index (χ1) is 9.92. The summed E-state index contributed by atoms with van der Waals surface area (Å²) < 4.78 is 5.61. The Kier molecular flexibility index (Phi) is 4.21. The number of ether oxygens (including phenoxy) is 1. The lowest BCUT2D eigenvalue weighted by Crippen LogP contribution is -2.68. The molecule has 5 nitrogen and oxygen atoms in total. The molecule has 0 spiro atoms. The van der Waals surface area contributed by atoms with Crippen molar-refractivity contribution >= 4 is 17.5 Å². The molecule has 0 aromatic heterocycles. The van der Waals surface area contributed by atoms with Gasteiger partial charge < -0.3 is 10.1 Å². The highest BCUT2D eigenvalue weighted by Crippen LogP contribution is 2.34. The van der Waals surface area contributed by atoms with Gasteiger partial charge >= 0.3 is 0 Å². The zero-order chi connectivity index (χ0) is 15.6. The van der Waals surface area contributed by atoms with Crippen LogP contribution in [0.3, 0.4) is 0 Å². The highest BCUT2D eigenvalue weighted by atomic mass is 16.5. The van der Waals surface area contributed by atoms with Crippen molar-refractivity contribution in [2.75, 3.05) is 11.5 Å². The molecule has 2 rings (SSSR count). The summed E-state index contributed by atoms with van der Waals surface area (Å²) in [5.74, 6) is 0.367. The van der Waals surface area contributed by atoms with E-state index in [2.05, 4.69) is 5.32 Å². The molecule has 0 saturated carbocycles. The van der Waals surface area contributed by atoms with Crippen molar-refractivity contribution < 1.29 is 14.3 Å². The Hall–Kier alpha value is -2.04. The van der Waals surface area contributed by atoms with E-state index in [1.165, 1.54) is 0 Å². The third-order valence-corrected chi connectivity index (χ3v) is 3.61. The third kappa shape index (κ3) is 2.73. The van der Waals surface area contributed by atoms with Gasteiger partial charge in [0.25, 0.3) is 5.91 Å². The van der Waals surface area contributed by atoms with Gasteiger partial charge in [0, 0.05) is 0 Å². The molecular weight excluding hydrogens is 268 g/mol. The number of nitrogens with one attached hydrogen (secondary N) is 1. The fourth-order valence-electron chi connectivity index (χ4n) is 2.58. The van der Waals surface area contributed by atoms with Gasteiger partial charge in [-0.3, -0.25) is 14.5 Å². The highest BCUT2D eigenvalue weighted by molar-refractivity contribution is 6.11. The summed E-state index contributed by atoms with van der Waals surface area (Å²) in [6.45, 7) is 7.73. The summed E-state index contributed by atoms with van der Waals surface area (Å²) >= 11 is 0. The Bertz CT molecular complexity index is 554. The van der Waals surface area contributed by atoms with Crippen molar-refractivity contribution in [3.05, 3.63) is 24.3 Å². The second-order valence-corrected chi connectivity index (χ2v) is 5.61. The van der Waals surface area contributed by atoms with Crippen LogP contribution in [0.15, 0.2) is 24.3 Å². The topological polar surface area (TPSA) is 58.6 Å². The van der Waals surface area contributed by atoms with Crippen molar-refractivity contribution in [1.82, 2.24) is 5.32 Å². The molecule has 21 heavy (non-hydrogen) atoms. The van der Waals surface area contributed by atoms with Gasteiger partial charge in [-0.25, -0.2) is 0 Å². The van der Waals surface area contributed by atoms with E-state index in [-0.39, 0.29) is 11.8 Å². The molecule has 1 fully saturated rings. The molecule has 1 aliphatic rings. The van der Waals surface area contributed by atoms with Crippen LogP contribution in [0.25, 0.3) is 0 Å². The van der Waals surface area contributed by atoms with E-state index in [0.29, 0.717) is 24.5 Å². The van der Waals surface area contributed by atoms with Gasteiger partial charge in [-0.15, -0.1) is 0 Å². The summed E-state index contributed by atoms with van der Waals surface area (Å²) in [6.07, 6.45) is 0.550. The number of piperazine rings is 1. The summed E-state index contributed by atoms with van der Waals surface area (Å²) in [4.78, 5) is 26.6. The molecule has 114 valence electrons. The molecule has 2 amide bonds. The molecule has 1 atom stereocenters. The molecule has 1 N–H and O–H groups in total. The zero-order valence-corrected chi connectivity index (χ0v) is 13.0. The lowest BCUT2D eigenvalue weighted by molar-refractivity contribution is -0.137. The monoisotopic (exact) mass is 290 g/mol. The van der Waals surface area contributed by atoms with Crippen molar-refractivity contribution in [1.29, 1.82) is 0 Å². The number of carbonyl (C=O) groups is 2. The van der Waals surface area contributed by atoms with E-state index in [9.17, 15) is 9.59 Å². The first-order valence-electron chi connectivity index (χ1n) is 7.29. The largest absolute Gasteiger partial charge is 0.492 e. The number of carbonyl (C=O) groups excluding carboxylic acids is 2. The SMILES string of the molecule is CCOc1ccccc1N1C(=O)C(C)(C)NC(=O)C1CC. The molecule has 0 radical (unpaired) electrons. The normalized spacial score (nSPS) is 21.1. The van der Waals surface area contributed by atoms with Crippen LogP contribution in [0.1, 0.15) is 34.1 Å². The zero-order valence-electron chi connectivity index (χ0n) is 13.0. The summed E-state index contributed by atoms with van der Waals surface area (Å²) in [7, 11) is 0. The number of hydrogen-bond acceptors (Lipinski definition) is 3. The van der Waals surface area contributed by atoms with Gasteiger partial charge in [-0.2, -0.15) is 0 Å². The minimum Gasteiger partial charge on any atom is -0.492 e. The van der Waals surface area contributed by atoms with E-state index in [4.69, 9.17) is 4.74 Å². The Morgan fingerprint density at radius 2 is 1.90 bits per heavy atom. The Labute approximate surface area is 125 Å². The number of amides is 2. The third-order valence-electron chi connectivity index (χ3n) is 3.61. The van der Waals surface area contributed by atoms with E-state index in [1.807, 2.05) is 38.1 Å². The van der Waals surface area contributed by atoms with Crippen LogP contribution in [0.5, 0.6) is 5.75 Å². The Balaban J connectivity index is 2.52. The van der Waals surface area contributed by atoms with Crippen molar-refractivity contribution in [3.63, 3.8) is 0 Å². The van der Waals surface area contributed by atoms with Crippen LogP contribution >= 0.6 is 0 Å². The van der Waals surface area contributed by atoms with Gasteiger partial charge in [-0.1, -0.05) is 19.1 Å². The van der Waals surface area contributed by atoms with Gasteiger partial charge in [0.05, 0.1) is 12.3 Å². The maximum atomic E-state index is 12.8. The Morgan fingerprint density at radius 1 is 1.24 bits per heavy atom. The first-order valence-corrected chi connectivity index (χ1v) is 7.29. The van der Waals surface area contributed by atoms with Crippen LogP contribution in [0, 0.1) is 0 Å². The first kappa shape index (κ1) is 15.4. The molecule has 1 aliphatic heterocycles. The molecule has 1 aromatic rings. The van der Waals surface area contributed by atoms with Crippen LogP contribution in [-0.2, 0) is 9.59 Å². The van der Waals surface area contributed by atoms with Gasteiger partial charge in [0.15, 0.2) is 0 Å². The second kappa shape index (κ2) is 5.76. The molecule has 1 aromatic carbocycles. The smallest absolute Gasteiger partial charge is 0.253 e. The van der Waals surface area contributed by atoms with Crippen LogP contribution in [0.2, 0.25) is 0 Å². The van der Waals surface area contributed by atoms with Crippen LogP contribution < -0.4 is 15.0 Å². The fourth-order valence-corrected chi connectivity index (χ4v) is 2.58. The number of para-hydroxylation sites is 2. The quantitative estimate of drug-likeness (QED) is 0.924. The maximum Gasteiger partial charge on any atom is 0.253 e. The number of benzene rings is 1. The molecule has 1 saturated heterocycles. The summed E-state index contributed by atoms with van der Waals surface area (Å²) in [5, 5.41) is 2.79. The molecule has 0 aliphatic carbocycles. The van der Waals surface area contributed by atoms with Crippen molar-refractivity contribution in [2.45, 2.75) is 45.7 Å². The summed E-state index contributed by atoms with van der Waals surface area (Å²) in [5.41, 5.74) is -0.263. The van der Waals surface area contributed by atoms with Crippen molar-refractivity contribution in [2.24, 2.45) is 0 Å². The lowest BCUT2D eigenvalue weighted by atomic mass is 9.95. The van der Waals surface area contributed by atoms with E-state index in [1.54, 1.807) is 18.7 Å². The van der Waals surface area contributed by atoms with Crippen LogP contribution in [-0.4, -0.2) is 30.0 Å². The maximum absolute atomic E-state index is 12.8. The number of nitrogens with zero attached hydrogens (tertiary/aromatic N) is 1.